The minimum absolute atomic E-state index is 0.00441. The van der Waals surface area contributed by atoms with E-state index in [1.54, 1.807) is 6.92 Å². The van der Waals surface area contributed by atoms with Crippen molar-refractivity contribution >= 4 is 21.4 Å². The minimum atomic E-state index is -3.49. The molecule has 0 saturated heterocycles. The molecule has 8 heteroatoms. The molecule has 0 bridgehead atoms. The number of aryl methyl sites for hydroxylation is 1. The lowest BCUT2D eigenvalue weighted by Gasteiger charge is -2.07. The third-order valence-corrected chi connectivity index (χ3v) is 3.74. The first kappa shape index (κ1) is 15.0. The van der Waals surface area contributed by atoms with Gasteiger partial charge in [-0.25, -0.2) is 17.8 Å². The van der Waals surface area contributed by atoms with Crippen molar-refractivity contribution in [2.24, 2.45) is 0 Å². The largest absolute Gasteiger partial charge is 0.318 e. The first-order valence-electron chi connectivity index (χ1n) is 5.87. The smallest absolute Gasteiger partial charge is 0.275 e. The van der Waals surface area contributed by atoms with E-state index in [1.165, 1.54) is 12.4 Å². The van der Waals surface area contributed by atoms with Crippen LogP contribution in [0.2, 0.25) is 0 Å². The van der Waals surface area contributed by atoms with Crippen LogP contribution in [0.5, 0.6) is 0 Å². The summed E-state index contributed by atoms with van der Waals surface area (Å²) in [5, 5.41) is 2.28. The highest BCUT2D eigenvalue weighted by atomic mass is 32.2. The van der Waals surface area contributed by atoms with E-state index in [9.17, 15) is 17.6 Å². The summed E-state index contributed by atoms with van der Waals surface area (Å²) in [7, 11) is -3.49. The van der Waals surface area contributed by atoms with E-state index < -0.39 is 21.6 Å². The van der Waals surface area contributed by atoms with Crippen LogP contribution in [0.15, 0.2) is 35.5 Å². The lowest BCUT2D eigenvalue weighted by molar-refractivity contribution is 0.102. The molecule has 6 nitrogen and oxygen atoms in total. The summed E-state index contributed by atoms with van der Waals surface area (Å²) in [6.45, 7) is 1.71. The Kier molecular flexibility index (Phi) is 3.99. The summed E-state index contributed by atoms with van der Waals surface area (Å²) in [6, 6.07) is 3.17. The van der Waals surface area contributed by atoms with E-state index in [1.807, 2.05) is 0 Å². The highest BCUT2D eigenvalue weighted by Crippen LogP contribution is 2.20. The topological polar surface area (TPSA) is 89.0 Å². The number of nitrogens with zero attached hydrogens (tertiary/aromatic N) is 2. The van der Waals surface area contributed by atoms with Crippen molar-refractivity contribution in [3.8, 4) is 0 Å². The highest BCUT2D eigenvalue weighted by molar-refractivity contribution is 7.90. The van der Waals surface area contributed by atoms with Gasteiger partial charge in [0.1, 0.15) is 11.5 Å². The molecule has 0 fully saturated rings. The van der Waals surface area contributed by atoms with E-state index >= 15 is 0 Å². The Labute approximate surface area is 121 Å². The molecule has 0 atom stereocenters. The van der Waals surface area contributed by atoms with Crippen LogP contribution in [0.4, 0.5) is 10.1 Å². The Morgan fingerprint density at radius 3 is 2.52 bits per heavy atom. The van der Waals surface area contributed by atoms with E-state index in [4.69, 9.17) is 0 Å². The van der Waals surface area contributed by atoms with Gasteiger partial charge in [-0.05, 0) is 25.1 Å². The number of hydrogen-bond acceptors (Lipinski definition) is 5. The third kappa shape index (κ3) is 3.60. The number of hydrogen-bond donors (Lipinski definition) is 1. The van der Waals surface area contributed by atoms with Crippen LogP contribution < -0.4 is 5.32 Å². The van der Waals surface area contributed by atoms with Crippen LogP contribution in [-0.2, 0) is 9.84 Å². The predicted molar refractivity (Wildman–Crippen MR) is 74.2 cm³/mol. The number of amides is 1. The zero-order valence-corrected chi connectivity index (χ0v) is 12.1. The summed E-state index contributed by atoms with van der Waals surface area (Å²) in [5.74, 6) is -1.41. The summed E-state index contributed by atoms with van der Waals surface area (Å²) in [6.07, 6.45) is 3.65. The Morgan fingerprint density at radius 2 is 1.95 bits per heavy atom. The van der Waals surface area contributed by atoms with Gasteiger partial charge in [-0.3, -0.25) is 9.78 Å². The first-order chi connectivity index (χ1) is 9.77. The number of anilines is 1. The van der Waals surface area contributed by atoms with Crippen molar-refractivity contribution in [3.63, 3.8) is 0 Å². The second-order valence-corrected chi connectivity index (χ2v) is 6.43. The molecule has 0 spiro atoms. The van der Waals surface area contributed by atoms with Crippen molar-refractivity contribution in [3.05, 3.63) is 47.8 Å². The quantitative estimate of drug-likeness (QED) is 0.870. The van der Waals surface area contributed by atoms with Crippen LogP contribution in [0.1, 0.15) is 16.2 Å². The summed E-state index contributed by atoms with van der Waals surface area (Å²) in [4.78, 5) is 19.6. The number of sulfone groups is 1. The molecule has 1 amide bonds. The minimum Gasteiger partial charge on any atom is -0.318 e. The lowest BCUT2D eigenvalue weighted by Crippen LogP contribution is -2.15. The van der Waals surface area contributed by atoms with Gasteiger partial charge < -0.3 is 5.32 Å². The van der Waals surface area contributed by atoms with E-state index in [0.717, 1.165) is 24.5 Å². The maximum absolute atomic E-state index is 13.7. The summed E-state index contributed by atoms with van der Waals surface area (Å²) >= 11 is 0. The van der Waals surface area contributed by atoms with Crippen molar-refractivity contribution < 1.29 is 17.6 Å². The molecule has 0 unspecified atom stereocenters. The van der Waals surface area contributed by atoms with Gasteiger partial charge >= 0.3 is 0 Å². The Hall–Kier alpha value is -2.35. The van der Waals surface area contributed by atoms with Gasteiger partial charge in [0.2, 0.25) is 0 Å². The molecule has 0 radical (unpaired) electrons. The van der Waals surface area contributed by atoms with Gasteiger partial charge in [0, 0.05) is 12.5 Å². The van der Waals surface area contributed by atoms with E-state index in [-0.39, 0.29) is 16.3 Å². The number of nitrogens with one attached hydrogen (secondary N) is 1. The second-order valence-electron chi connectivity index (χ2n) is 4.41. The SMILES string of the molecule is Cc1cnc(C(=O)Nc2cc(S(C)(=O)=O)ccc2F)cn1. The molecule has 1 N–H and O–H groups in total. The zero-order valence-electron chi connectivity index (χ0n) is 11.3. The molecular formula is C13H12FN3O3S. The van der Waals surface area contributed by atoms with Gasteiger partial charge in [-0.2, -0.15) is 0 Å². The average molecular weight is 309 g/mol. The predicted octanol–water partition coefficient (Wildman–Crippen LogP) is 1.58. The second kappa shape index (κ2) is 5.57. The molecular weight excluding hydrogens is 297 g/mol. The number of halogens is 1. The molecule has 1 aromatic heterocycles. The fourth-order valence-electron chi connectivity index (χ4n) is 1.53. The molecule has 110 valence electrons. The molecule has 0 saturated carbocycles. The average Bonchev–Trinajstić information content (AvgIpc) is 2.40. The fraction of sp³-hybridized carbons (Fsp3) is 0.154. The Morgan fingerprint density at radius 1 is 1.24 bits per heavy atom. The Balaban J connectivity index is 2.31. The monoisotopic (exact) mass is 309 g/mol. The van der Waals surface area contributed by atoms with Crippen LogP contribution in [-0.4, -0.2) is 30.5 Å². The van der Waals surface area contributed by atoms with Crippen molar-refractivity contribution in [2.45, 2.75) is 11.8 Å². The van der Waals surface area contributed by atoms with Gasteiger partial charge in [0.05, 0.1) is 22.5 Å². The van der Waals surface area contributed by atoms with Crippen LogP contribution in [0.3, 0.4) is 0 Å². The zero-order chi connectivity index (χ0) is 15.6. The number of rotatable bonds is 3. The Bertz CT molecular complexity index is 789. The van der Waals surface area contributed by atoms with Crippen LogP contribution in [0.25, 0.3) is 0 Å². The van der Waals surface area contributed by atoms with Gasteiger partial charge in [0.15, 0.2) is 9.84 Å². The fourth-order valence-corrected chi connectivity index (χ4v) is 2.17. The van der Waals surface area contributed by atoms with Gasteiger partial charge in [0.25, 0.3) is 5.91 Å². The first-order valence-corrected chi connectivity index (χ1v) is 7.76. The van der Waals surface area contributed by atoms with Gasteiger partial charge in [-0.15, -0.1) is 0 Å². The van der Waals surface area contributed by atoms with Crippen molar-refractivity contribution in [1.29, 1.82) is 0 Å². The molecule has 1 heterocycles. The van der Waals surface area contributed by atoms with Gasteiger partial charge in [-0.1, -0.05) is 0 Å². The summed E-state index contributed by atoms with van der Waals surface area (Å²) < 4.78 is 36.5. The van der Waals surface area contributed by atoms with Crippen LogP contribution >= 0.6 is 0 Å². The number of carbonyl (C=O) groups excluding carboxylic acids is 1. The van der Waals surface area contributed by atoms with E-state index in [0.29, 0.717) is 5.69 Å². The lowest BCUT2D eigenvalue weighted by atomic mass is 10.3. The highest BCUT2D eigenvalue weighted by Gasteiger charge is 2.14. The van der Waals surface area contributed by atoms with Crippen molar-refractivity contribution in [1.82, 2.24) is 9.97 Å². The molecule has 21 heavy (non-hydrogen) atoms. The molecule has 2 rings (SSSR count). The maximum atomic E-state index is 13.7. The molecule has 1 aromatic carbocycles. The standard InChI is InChI=1S/C13H12FN3O3S/c1-8-6-16-12(7-15-8)13(18)17-11-5-9(21(2,19)20)3-4-10(11)14/h3-7H,1-2H3,(H,17,18). The molecule has 0 aliphatic heterocycles. The van der Waals surface area contributed by atoms with Crippen molar-refractivity contribution in [2.75, 3.05) is 11.6 Å². The maximum Gasteiger partial charge on any atom is 0.275 e. The molecule has 0 aliphatic rings. The molecule has 2 aromatic rings. The van der Waals surface area contributed by atoms with Crippen LogP contribution in [0, 0.1) is 12.7 Å². The van der Waals surface area contributed by atoms with E-state index in [2.05, 4.69) is 15.3 Å². The summed E-state index contributed by atoms with van der Waals surface area (Å²) in [5.41, 5.74) is 0.409. The normalized spacial score (nSPS) is 11.2. The number of carbonyl (C=O) groups is 1. The third-order valence-electron chi connectivity index (χ3n) is 2.63. The number of aromatic nitrogens is 2. The molecule has 0 aliphatic carbocycles. The number of benzene rings is 1.